The van der Waals surface area contributed by atoms with Crippen LogP contribution in [-0.2, 0) is 9.53 Å². The van der Waals surface area contributed by atoms with Crippen molar-refractivity contribution in [3.05, 3.63) is 35.9 Å². The van der Waals surface area contributed by atoms with E-state index in [9.17, 15) is 4.79 Å². The minimum absolute atomic E-state index is 0.0682. The van der Waals surface area contributed by atoms with Crippen molar-refractivity contribution in [2.24, 2.45) is 5.41 Å². The first-order valence-electron chi connectivity index (χ1n) is 6.29. The normalized spacial score (nSPS) is 14.9. The zero-order valence-electron chi connectivity index (χ0n) is 11.9. The molecule has 1 aromatic rings. The summed E-state index contributed by atoms with van der Waals surface area (Å²) in [4.78, 5) is 12.0. The molecule has 1 N–H and O–H groups in total. The lowest BCUT2D eigenvalue weighted by atomic mass is 9.96. The molecule has 3 heteroatoms. The molecule has 0 saturated heterocycles. The molecular formula is C15H23NO2. The van der Waals surface area contributed by atoms with Crippen molar-refractivity contribution >= 4 is 5.97 Å². The molecule has 0 saturated carbocycles. The van der Waals surface area contributed by atoms with Crippen molar-refractivity contribution < 1.29 is 9.53 Å². The molecule has 2 atom stereocenters. The average Bonchev–Trinajstić information content (AvgIpc) is 2.34. The third kappa shape index (κ3) is 3.84. The minimum Gasteiger partial charge on any atom is -0.455 e. The Bertz CT molecular complexity index is 381. The first kappa shape index (κ1) is 14.7. The number of carbonyl (C=O) groups excluding carboxylic acids is 1. The molecule has 100 valence electrons. The van der Waals surface area contributed by atoms with Crippen molar-refractivity contribution in [2.45, 2.75) is 39.8 Å². The van der Waals surface area contributed by atoms with Crippen molar-refractivity contribution in [2.75, 3.05) is 7.05 Å². The molecule has 3 nitrogen and oxygen atoms in total. The number of rotatable bonds is 4. The highest BCUT2D eigenvalue weighted by atomic mass is 16.5. The summed E-state index contributed by atoms with van der Waals surface area (Å²) in [5.74, 6) is -0.182. The van der Waals surface area contributed by atoms with Crippen molar-refractivity contribution in [3.63, 3.8) is 0 Å². The molecule has 0 aromatic heterocycles. The van der Waals surface area contributed by atoms with Crippen molar-refractivity contribution in [3.8, 4) is 0 Å². The predicted molar refractivity (Wildman–Crippen MR) is 73.3 cm³/mol. The van der Waals surface area contributed by atoms with Gasteiger partial charge >= 0.3 is 5.97 Å². The third-order valence-electron chi connectivity index (χ3n) is 2.88. The summed E-state index contributed by atoms with van der Waals surface area (Å²) in [7, 11) is 1.87. The fourth-order valence-electron chi connectivity index (χ4n) is 1.54. The van der Waals surface area contributed by atoms with E-state index in [0.717, 1.165) is 5.56 Å². The lowest BCUT2D eigenvalue weighted by Crippen LogP contribution is -2.35. The molecule has 1 aromatic carbocycles. The molecule has 0 amide bonds. The van der Waals surface area contributed by atoms with Crippen LogP contribution in [0.3, 0.4) is 0 Å². The van der Waals surface area contributed by atoms with Gasteiger partial charge in [-0.3, -0.25) is 4.79 Å². The van der Waals surface area contributed by atoms with Crippen LogP contribution in [0.15, 0.2) is 30.3 Å². The number of likely N-dealkylation sites (N-methyl/N-ethyl adjacent to an activating group) is 1. The van der Waals surface area contributed by atoms with Crippen LogP contribution in [0.1, 0.15) is 39.4 Å². The maximum atomic E-state index is 12.0. The summed E-state index contributed by atoms with van der Waals surface area (Å²) in [6, 6.07) is 9.89. The number of nitrogens with one attached hydrogen (secondary N) is 1. The molecule has 0 unspecified atom stereocenters. The Kier molecular flexibility index (Phi) is 4.91. The summed E-state index contributed by atoms with van der Waals surface area (Å²) in [5, 5.41) is 3.14. The molecular weight excluding hydrogens is 226 g/mol. The van der Waals surface area contributed by atoms with Gasteiger partial charge in [-0.05, 0) is 40.3 Å². The highest BCUT2D eigenvalue weighted by Gasteiger charge is 2.29. The maximum Gasteiger partial charge on any atom is 0.311 e. The summed E-state index contributed by atoms with van der Waals surface area (Å²) >= 11 is 0. The Morgan fingerprint density at radius 1 is 1.22 bits per heavy atom. The zero-order valence-corrected chi connectivity index (χ0v) is 11.9. The third-order valence-corrected chi connectivity index (χ3v) is 2.88. The second-order valence-corrected chi connectivity index (χ2v) is 5.56. The Hall–Kier alpha value is -1.35. The largest absolute Gasteiger partial charge is 0.455 e. The molecule has 0 heterocycles. The molecule has 1 rings (SSSR count). The number of hydrogen-bond acceptors (Lipinski definition) is 3. The van der Waals surface area contributed by atoms with E-state index in [1.54, 1.807) is 0 Å². The number of hydrogen-bond donors (Lipinski definition) is 1. The van der Waals surface area contributed by atoms with Crippen molar-refractivity contribution in [1.29, 1.82) is 0 Å². The summed E-state index contributed by atoms with van der Waals surface area (Å²) in [6.45, 7) is 7.60. The van der Waals surface area contributed by atoms with E-state index in [1.165, 1.54) is 0 Å². The molecule has 18 heavy (non-hydrogen) atoms. The second-order valence-electron chi connectivity index (χ2n) is 5.56. The van der Waals surface area contributed by atoms with E-state index in [-0.39, 0.29) is 18.1 Å². The lowest BCUT2D eigenvalue weighted by Gasteiger charge is -2.27. The smallest absolute Gasteiger partial charge is 0.311 e. The van der Waals surface area contributed by atoms with Gasteiger partial charge in [0.15, 0.2) is 0 Å². The van der Waals surface area contributed by atoms with Gasteiger partial charge in [0.2, 0.25) is 0 Å². The van der Waals surface area contributed by atoms with E-state index in [0.29, 0.717) is 0 Å². The quantitative estimate of drug-likeness (QED) is 0.834. The summed E-state index contributed by atoms with van der Waals surface area (Å²) in [6.07, 6.45) is -0.261. The van der Waals surface area contributed by atoms with E-state index >= 15 is 0 Å². The van der Waals surface area contributed by atoms with Crippen LogP contribution in [-0.4, -0.2) is 19.1 Å². The number of esters is 1. The van der Waals surface area contributed by atoms with Crippen LogP contribution in [0.2, 0.25) is 0 Å². The molecule has 0 radical (unpaired) electrons. The van der Waals surface area contributed by atoms with Crippen LogP contribution in [0.5, 0.6) is 0 Å². The van der Waals surface area contributed by atoms with Gasteiger partial charge in [-0.25, -0.2) is 0 Å². The fourth-order valence-corrected chi connectivity index (χ4v) is 1.54. The Morgan fingerprint density at radius 2 is 1.78 bits per heavy atom. The Morgan fingerprint density at radius 3 is 2.22 bits per heavy atom. The molecule has 0 aliphatic rings. The number of carbonyl (C=O) groups is 1. The highest BCUT2D eigenvalue weighted by molar-refractivity contribution is 5.75. The van der Waals surface area contributed by atoms with Crippen LogP contribution >= 0.6 is 0 Å². The average molecular weight is 249 g/mol. The lowest BCUT2D eigenvalue weighted by molar-refractivity contribution is -0.160. The standard InChI is InChI=1S/C15H23NO2/c1-11(16-5)13(12-9-7-6-8-10-12)18-14(17)15(2,3)4/h6-11,13,16H,1-5H3/t11-,13-/m1/s1. The zero-order chi connectivity index (χ0) is 13.8. The van der Waals surface area contributed by atoms with Crippen LogP contribution < -0.4 is 5.32 Å². The van der Waals surface area contributed by atoms with Gasteiger partial charge in [-0.2, -0.15) is 0 Å². The number of benzene rings is 1. The van der Waals surface area contributed by atoms with Gasteiger partial charge in [-0.1, -0.05) is 30.3 Å². The van der Waals surface area contributed by atoms with Crippen LogP contribution in [0.25, 0.3) is 0 Å². The molecule has 0 aliphatic carbocycles. The van der Waals surface area contributed by atoms with Gasteiger partial charge in [-0.15, -0.1) is 0 Å². The maximum absolute atomic E-state index is 12.0. The monoisotopic (exact) mass is 249 g/mol. The fraction of sp³-hybridized carbons (Fsp3) is 0.533. The van der Waals surface area contributed by atoms with Crippen LogP contribution in [0.4, 0.5) is 0 Å². The molecule has 0 aliphatic heterocycles. The highest BCUT2D eigenvalue weighted by Crippen LogP contribution is 2.25. The van der Waals surface area contributed by atoms with E-state index in [4.69, 9.17) is 4.74 Å². The van der Waals surface area contributed by atoms with Gasteiger partial charge in [0.1, 0.15) is 6.10 Å². The van der Waals surface area contributed by atoms with E-state index < -0.39 is 5.41 Å². The van der Waals surface area contributed by atoms with Gasteiger partial charge in [0.25, 0.3) is 0 Å². The molecule has 0 bridgehead atoms. The van der Waals surface area contributed by atoms with E-state index in [1.807, 2.05) is 65.1 Å². The van der Waals surface area contributed by atoms with Crippen molar-refractivity contribution in [1.82, 2.24) is 5.32 Å². The minimum atomic E-state index is -0.486. The number of ether oxygens (including phenoxy) is 1. The van der Waals surface area contributed by atoms with Gasteiger partial charge < -0.3 is 10.1 Å². The van der Waals surface area contributed by atoms with E-state index in [2.05, 4.69) is 5.32 Å². The summed E-state index contributed by atoms with van der Waals surface area (Å²) in [5.41, 5.74) is 0.525. The molecule has 0 fully saturated rings. The first-order valence-corrected chi connectivity index (χ1v) is 6.29. The Labute approximate surface area is 110 Å². The second kappa shape index (κ2) is 6.01. The topological polar surface area (TPSA) is 38.3 Å². The summed E-state index contributed by atoms with van der Waals surface area (Å²) < 4.78 is 5.65. The first-order chi connectivity index (χ1) is 8.36. The van der Waals surface area contributed by atoms with Gasteiger partial charge in [0, 0.05) is 6.04 Å². The SMILES string of the molecule is CN[C@H](C)[C@@H](OC(=O)C(C)(C)C)c1ccccc1. The predicted octanol–water partition coefficient (Wildman–Crippen LogP) is 2.92. The Balaban J connectivity index is 2.91. The van der Waals surface area contributed by atoms with Gasteiger partial charge in [0.05, 0.1) is 5.41 Å². The van der Waals surface area contributed by atoms with Crippen LogP contribution in [0, 0.1) is 5.41 Å². The molecule has 0 spiro atoms.